The number of hydrogen-bond acceptors (Lipinski definition) is 5. The third-order valence-corrected chi connectivity index (χ3v) is 4.62. The Kier molecular flexibility index (Phi) is 5.97. The summed E-state index contributed by atoms with van der Waals surface area (Å²) in [6.07, 6.45) is 0.0142. The summed E-state index contributed by atoms with van der Waals surface area (Å²) >= 11 is 0. The van der Waals surface area contributed by atoms with Gasteiger partial charge in [0.2, 0.25) is 0 Å². The monoisotopic (exact) mass is 408 g/mol. The third-order valence-electron chi connectivity index (χ3n) is 4.62. The molecule has 1 fully saturated rings. The molecule has 7 heteroatoms. The maximum atomic E-state index is 12.3. The molecule has 1 amide bonds. The van der Waals surface area contributed by atoms with E-state index in [9.17, 15) is 20.0 Å². The largest absolute Gasteiger partial charge is 0.488 e. The molecule has 7 nitrogen and oxygen atoms in total. The molecule has 0 spiro atoms. The molecule has 30 heavy (non-hydrogen) atoms. The highest BCUT2D eigenvalue weighted by Gasteiger charge is 2.31. The van der Waals surface area contributed by atoms with Gasteiger partial charge in [0, 0.05) is 18.5 Å². The summed E-state index contributed by atoms with van der Waals surface area (Å²) in [7, 11) is 0. The van der Waals surface area contributed by atoms with Crippen LogP contribution in [0.2, 0.25) is 0 Å². The third kappa shape index (κ3) is 5.09. The van der Waals surface area contributed by atoms with Crippen molar-refractivity contribution in [1.82, 2.24) is 4.90 Å². The van der Waals surface area contributed by atoms with Crippen molar-refractivity contribution >= 4 is 12.1 Å². The van der Waals surface area contributed by atoms with Crippen molar-refractivity contribution in [2.75, 3.05) is 13.1 Å². The molecule has 1 N–H and O–H groups in total. The van der Waals surface area contributed by atoms with Crippen LogP contribution in [-0.2, 0) is 4.74 Å². The molecule has 1 atom stereocenters. The quantitative estimate of drug-likeness (QED) is 0.809. The minimum Gasteiger partial charge on any atom is -0.488 e. The number of ether oxygens (including phenoxy) is 2. The zero-order chi connectivity index (χ0) is 21.9. The Hall–Kier alpha value is -3.53. The predicted octanol–water partition coefficient (Wildman–Crippen LogP) is 4.31. The molecule has 0 unspecified atom stereocenters. The van der Waals surface area contributed by atoms with Gasteiger partial charge < -0.3 is 19.5 Å². The number of carbonyl (C=O) groups excluding carboxylic acids is 1. The summed E-state index contributed by atoms with van der Waals surface area (Å²) in [5, 5.41) is 18.6. The van der Waals surface area contributed by atoms with Gasteiger partial charge in [-0.15, -0.1) is 0 Å². The number of aromatic carboxylic acids is 1. The molecule has 1 aliphatic rings. The highest BCUT2D eigenvalue weighted by Crippen LogP contribution is 2.33. The SMILES string of the molecule is CC(C)(C)OC(=O)N1CC[C@@H](Oc2ccc(C(=O)O)cc2-c2cccc(C#N)c2)C1. The zero-order valence-corrected chi connectivity index (χ0v) is 17.2. The highest BCUT2D eigenvalue weighted by molar-refractivity contribution is 5.90. The molecule has 1 heterocycles. The van der Waals surface area contributed by atoms with Crippen molar-refractivity contribution in [2.24, 2.45) is 0 Å². The van der Waals surface area contributed by atoms with Crippen molar-refractivity contribution in [3.8, 4) is 22.9 Å². The second-order valence-corrected chi connectivity index (χ2v) is 8.16. The van der Waals surface area contributed by atoms with E-state index in [0.29, 0.717) is 42.0 Å². The highest BCUT2D eigenvalue weighted by atomic mass is 16.6. The Balaban J connectivity index is 1.83. The van der Waals surface area contributed by atoms with Gasteiger partial charge in [0.1, 0.15) is 17.5 Å². The summed E-state index contributed by atoms with van der Waals surface area (Å²) in [6.45, 7) is 6.36. The minimum atomic E-state index is -1.05. The lowest BCUT2D eigenvalue weighted by atomic mass is 10.00. The second kappa shape index (κ2) is 8.46. The van der Waals surface area contributed by atoms with Gasteiger partial charge >= 0.3 is 12.1 Å². The van der Waals surface area contributed by atoms with E-state index in [2.05, 4.69) is 6.07 Å². The van der Waals surface area contributed by atoms with Gasteiger partial charge in [-0.2, -0.15) is 5.26 Å². The second-order valence-electron chi connectivity index (χ2n) is 8.16. The van der Waals surface area contributed by atoms with E-state index in [1.54, 1.807) is 35.2 Å². The Morgan fingerprint density at radius 3 is 2.63 bits per heavy atom. The number of rotatable bonds is 4. The Labute approximate surface area is 175 Å². The summed E-state index contributed by atoms with van der Waals surface area (Å²) in [5.74, 6) is -0.540. The van der Waals surface area contributed by atoms with E-state index in [1.807, 2.05) is 20.8 Å². The van der Waals surface area contributed by atoms with Gasteiger partial charge in [-0.25, -0.2) is 9.59 Å². The first-order valence-corrected chi connectivity index (χ1v) is 9.69. The van der Waals surface area contributed by atoms with E-state index in [4.69, 9.17) is 9.47 Å². The van der Waals surface area contributed by atoms with Crippen LogP contribution in [0.3, 0.4) is 0 Å². The molecular formula is C23H24N2O5. The van der Waals surface area contributed by atoms with E-state index >= 15 is 0 Å². The van der Waals surface area contributed by atoms with Crippen LogP contribution >= 0.6 is 0 Å². The predicted molar refractivity (Wildman–Crippen MR) is 110 cm³/mol. The van der Waals surface area contributed by atoms with Gasteiger partial charge in [0.25, 0.3) is 0 Å². The number of likely N-dealkylation sites (tertiary alicyclic amines) is 1. The number of carboxylic acid groups (broad SMARTS) is 1. The minimum absolute atomic E-state index is 0.126. The number of nitrogens with zero attached hydrogens (tertiary/aromatic N) is 2. The molecule has 156 valence electrons. The molecule has 0 bridgehead atoms. The van der Waals surface area contributed by atoms with Crippen LogP contribution in [-0.4, -0.2) is 46.9 Å². The number of carbonyl (C=O) groups is 2. The van der Waals surface area contributed by atoms with Crippen LogP contribution in [0.1, 0.15) is 43.1 Å². The number of benzene rings is 2. The average Bonchev–Trinajstić information content (AvgIpc) is 3.15. The fourth-order valence-electron chi connectivity index (χ4n) is 3.24. The van der Waals surface area contributed by atoms with Crippen LogP contribution < -0.4 is 4.74 Å². The molecule has 1 saturated heterocycles. The Morgan fingerprint density at radius 2 is 1.97 bits per heavy atom. The van der Waals surface area contributed by atoms with Crippen LogP contribution in [0.4, 0.5) is 4.79 Å². The molecule has 1 aliphatic heterocycles. The first-order chi connectivity index (χ1) is 14.2. The molecule has 0 aliphatic carbocycles. The van der Waals surface area contributed by atoms with Crippen molar-refractivity contribution in [3.63, 3.8) is 0 Å². The van der Waals surface area contributed by atoms with Gasteiger partial charge in [-0.05, 0) is 56.7 Å². The van der Waals surface area contributed by atoms with Crippen LogP contribution in [0, 0.1) is 11.3 Å². The lowest BCUT2D eigenvalue weighted by Crippen LogP contribution is -2.36. The van der Waals surface area contributed by atoms with E-state index < -0.39 is 11.6 Å². The first kappa shape index (κ1) is 21.2. The Morgan fingerprint density at radius 1 is 1.20 bits per heavy atom. The van der Waals surface area contributed by atoms with E-state index in [-0.39, 0.29) is 17.8 Å². The van der Waals surface area contributed by atoms with Crippen LogP contribution in [0.15, 0.2) is 42.5 Å². The molecule has 2 aromatic carbocycles. The molecular weight excluding hydrogens is 384 g/mol. The van der Waals surface area contributed by atoms with Gasteiger partial charge in [0.05, 0.1) is 23.7 Å². The zero-order valence-electron chi connectivity index (χ0n) is 17.2. The summed E-state index contributed by atoms with van der Waals surface area (Å²) in [4.78, 5) is 25.3. The topological polar surface area (TPSA) is 99.9 Å². The average molecular weight is 408 g/mol. The van der Waals surface area contributed by atoms with Crippen molar-refractivity contribution < 1.29 is 24.2 Å². The smallest absolute Gasteiger partial charge is 0.410 e. The molecule has 0 radical (unpaired) electrons. The first-order valence-electron chi connectivity index (χ1n) is 9.69. The van der Waals surface area contributed by atoms with Crippen LogP contribution in [0.25, 0.3) is 11.1 Å². The van der Waals surface area contributed by atoms with Gasteiger partial charge in [-0.1, -0.05) is 12.1 Å². The fraction of sp³-hybridized carbons (Fsp3) is 0.348. The van der Waals surface area contributed by atoms with E-state index in [1.165, 1.54) is 12.1 Å². The van der Waals surface area contributed by atoms with Crippen molar-refractivity contribution in [3.05, 3.63) is 53.6 Å². The lowest BCUT2D eigenvalue weighted by Gasteiger charge is -2.24. The standard InChI is InChI=1S/C23H24N2O5/c1-23(2,3)30-22(28)25-10-9-18(14-25)29-20-8-7-17(21(26)27)12-19(20)16-6-4-5-15(11-16)13-24/h4-8,11-12,18H,9-10,14H2,1-3H3,(H,26,27)/t18-/m1/s1. The molecule has 3 rings (SSSR count). The van der Waals surface area contributed by atoms with Crippen molar-refractivity contribution in [2.45, 2.75) is 38.9 Å². The fourth-order valence-corrected chi connectivity index (χ4v) is 3.24. The van der Waals surface area contributed by atoms with Gasteiger partial charge in [0.15, 0.2) is 0 Å². The normalized spacial score (nSPS) is 16.1. The Bertz CT molecular complexity index is 1000. The van der Waals surface area contributed by atoms with Crippen LogP contribution in [0.5, 0.6) is 5.75 Å². The number of amides is 1. The summed E-state index contributed by atoms with van der Waals surface area (Å²) in [5.41, 5.74) is 1.30. The number of nitriles is 1. The maximum absolute atomic E-state index is 12.3. The molecule has 0 saturated carbocycles. The van der Waals surface area contributed by atoms with E-state index in [0.717, 1.165) is 0 Å². The van der Waals surface area contributed by atoms with Crippen molar-refractivity contribution in [1.29, 1.82) is 5.26 Å². The van der Waals surface area contributed by atoms with Gasteiger partial charge in [-0.3, -0.25) is 0 Å². The summed E-state index contributed by atoms with van der Waals surface area (Å²) in [6, 6.07) is 13.6. The lowest BCUT2D eigenvalue weighted by molar-refractivity contribution is 0.0275. The summed E-state index contributed by atoms with van der Waals surface area (Å²) < 4.78 is 11.6. The maximum Gasteiger partial charge on any atom is 0.410 e. The number of carboxylic acids is 1. The molecule has 2 aromatic rings. The molecule has 0 aromatic heterocycles. The number of hydrogen-bond donors (Lipinski definition) is 1.